The van der Waals surface area contributed by atoms with Crippen LogP contribution >= 0.6 is 0 Å². The number of anilines is 4. The van der Waals surface area contributed by atoms with Crippen molar-refractivity contribution in [1.29, 1.82) is 0 Å². The predicted molar refractivity (Wildman–Crippen MR) is 181 cm³/mol. The SMILES string of the molecule is C.CN(C)c1ccc(CC(=O)CCCC(=O)Nc2ccccc2N)cc1.CN(C)c1ccc(CC(=O)CCCC(=O)O)cc1. The average molecular weight is 605 g/mol. The molecule has 0 unspecified atom stereocenters. The number of Topliss-reactive ketones (excluding diaryl/α,β-unsaturated/α-hetero) is 2. The number of hydrogen-bond donors (Lipinski definition) is 3. The number of nitrogens with zero attached hydrogens (tertiary/aromatic N) is 2. The summed E-state index contributed by atoms with van der Waals surface area (Å²) in [6, 6.07) is 22.9. The van der Waals surface area contributed by atoms with Gasteiger partial charge >= 0.3 is 5.97 Å². The lowest BCUT2D eigenvalue weighted by Crippen LogP contribution is -2.13. The predicted octanol–water partition coefficient (Wildman–Crippen LogP) is 6.01. The number of aliphatic carboxylic acids is 1. The fourth-order valence-electron chi connectivity index (χ4n) is 4.16. The number of carboxylic acids is 1. The molecule has 0 heterocycles. The largest absolute Gasteiger partial charge is 0.481 e. The normalized spacial score (nSPS) is 10.0. The molecular weight excluding hydrogens is 556 g/mol. The second-order valence-corrected chi connectivity index (χ2v) is 10.8. The first-order valence-electron chi connectivity index (χ1n) is 14.4. The maximum absolute atomic E-state index is 12.1. The lowest BCUT2D eigenvalue weighted by molar-refractivity contribution is -0.137. The number of carbonyl (C=O) groups is 4. The Morgan fingerprint density at radius 3 is 1.50 bits per heavy atom. The van der Waals surface area contributed by atoms with E-state index in [9.17, 15) is 19.2 Å². The van der Waals surface area contributed by atoms with E-state index in [2.05, 4.69) is 5.32 Å². The molecule has 44 heavy (non-hydrogen) atoms. The Bertz CT molecular complexity index is 1340. The average Bonchev–Trinajstić information content (AvgIpc) is 2.95. The second kappa shape index (κ2) is 19.5. The number of amides is 1. The fourth-order valence-corrected chi connectivity index (χ4v) is 4.16. The van der Waals surface area contributed by atoms with Gasteiger partial charge in [-0.2, -0.15) is 0 Å². The molecule has 0 saturated heterocycles. The van der Waals surface area contributed by atoms with Gasteiger partial charge in [-0.15, -0.1) is 0 Å². The van der Waals surface area contributed by atoms with Gasteiger partial charge in [-0.1, -0.05) is 43.8 Å². The van der Waals surface area contributed by atoms with Crippen molar-refractivity contribution in [2.75, 3.05) is 49.0 Å². The molecule has 238 valence electrons. The van der Waals surface area contributed by atoms with Crippen molar-refractivity contribution >= 4 is 46.2 Å². The molecule has 3 aromatic carbocycles. The Morgan fingerprint density at radius 2 is 1.09 bits per heavy atom. The third-order valence-corrected chi connectivity index (χ3v) is 6.65. The zero-order valence-corrected chi connectivity index (χ0v) is 25.6. The maximum atomic E-state index is 12.1. The fraction of sp³-hybridized carbons (Fsp3) is 0.371. The Balaban J connectivity index is 0.000000453. The Hall–Kier alpha value is -4.66. The minimum Gasteiger partial charge on any atom is -0.481 e. The zero-order chi connectivity index (χ0) is 31.8. The lowest BCUT2D eigenvalue weighted by atomic mass is 10.0. The van der Waals surface area contributed by atoms with Crippen LogP contribution in [0.1, 0.15) is 57.1 Å². The van der Waals surface area contributed by atoms with Crippen LogP contribution in [0.15, 0.2) is 72.8 Å². The topological polar surface area (TPSA) is 133 Å². The van der Waals surface area contributed by atoms with Crippen LogP contribution < -0.4 is 20.9 Å². The number of carbonyl (C=O) groups excluding carboxylic acids is 3. The highest BCUT2D eigenvalue weighted by molar-refractivity contribution is 5.94. The Kier molecular flexibility index (Phi) is 16.6. The van der Waals surface area contributed by atoms with Crippen LogP contribution in [-0.2, 0) is 32.0 Å². The van der Waals surface area contributed by atoms with E-state index in [-0.39, 0.29) is 31.3 Å². The molecule has 1 amide bonds. The van der Waals surface area contributed by atoms with Crippen LogP contribution in [0.5, 0.6) is 0 Å². The van der Waals surface area contributed by atoms with Crippen molar-refractivity contribution in [3.63, 3.8) is 0 Å². The monoisotopic (exact) mass is 604 g/mol. The summed E-state index contributed by atoms with van der Waals surface area (Å²) in [5.41, 5.74) is 11.1. The van der Waals surface area contributed by atoms with Crippen LogP contribution in [0, 0.1) is 0 Å². The number of hydrogen-bond acceptors (Lipinski definition) is 7. The van der Waals surface area contributed by atoms with E-state index in [1.807, 2.05) is 98.7 Å². The van der Waals surface area contributed by atoms with Gasteiger partial charge in [0.25, 0.3) is 0 Å². The van der Waals surface area contributed by atoms with E-state index in [1.165, 1.54) is 0 Å². The molecule has 9 heteroatoms. The van der Waals surface area contributed by atoms with Crippen molar-refractivity contribution in [2.24, 2.45) is 0 Å². The van der Waals surface area contributed by atoms with Crippen molar-refractivity contribution in [3.8, 4) is 0 Å². The number of nitrogens with two attached hydrogens (primary N) is 1. The molecule has 0 aromatic heterocycles. The van der Waals surface area contributed by atoms with E-state index < -0.39 is 5.97 Å². The molecule has 0 atom stereocenters. The van der Waals surface area contributed by atoms with Gasteiger partial charge in [0, 0.05) is 78.1 Å². The molecular formula is C35H48N4O5. The van der Waals surface area contributed by atoms with Gasteiger partial charge in [-0.3, -0.25) is 19.2 Å². The highest BCUT2D eigenvalue weighted by Crippen LogP contribution is 2.18. The third kappa shape index (κ3) is 14.5. The minimum absolute atomic E-state index is 0. The Morgan fingerprint density at radius 1 is 0.659 bits per heavy atom. The molecule has 3 rings (SSSR count). The van der Waals surface area contributed by atoms with Gasteiger partial charge in [0.2, 0.25) is 5.91 Å². The summed E-state index contributed by atoms with van der Waals surface area (Å²) in [5.74, 6) is -0.738. The summed E-state index contributed by atoms with van der Waals surface area (Å²) in [6.45, 7) is 0. The maximum Gasteiger partial charge on any atom is 0.303 e. The smallest absolute Gasteiger partial charge is 0.303 e. The molecule has 0 aliphatic heterocycles. The van der Waals surface area contributed by atoms with Crippen LogP contribution in [-0.4, -0.2) is 56.7 Å². The molecule has 0 bridgehead atoms. The number of rotatable bonds is 15. The molecule has 0 fully saturated rings. The third-order valence-electron chi connectivity index (χ3n) is 6.65. The highest BCUT2D eigenvalue weighted by Gasteiger charge is 2.09. The van der Waals surface area contributed by atoms with Gasteiger partial charge in [0.05, 0.1) is 11.4 Å². The summed E-state index contributed by atoms with van der Waals surface area (Å²) in [4.78, 5) is 49.9. The van der Waals surface area contributed by atoms with Crippen LogP contribution in [0.2, 0.25) is 0 Å². The van der Waals surface area contributed by atoms with E-state index >= 15 is 0 Å². The van der Waals surface area contributed by atoms with Gasteiger partial charge in [0.15, 0.2) is 0 Å². The van der Waals surface area contributed by atoms with Gasteiger partial charge < -0.3 is 26.0 Å². The molecule has 0 aliphatic carbocycles. The Labute approximate surface area is 262 Å². The van der Waals surface area contributed by atoms with Crippen LogP contribution in [0.4, 0.5) is 22.7 Å². The van der Waals surface area contributed by atoms with Crippen molar-refractivity contribution in [3.05, 3.63) is 83.9 Å². The van der Waals surface area contributed by atoms with Gasteiger partial charge in [0.1, 0.15) is 11.6 Å². The van der Waals surface area contributed by atoms with E-state index in [0.29, 0.717) is 56.3 Å². The molecule has 9 nitrogen and oxygen atoms in total. The molecule has 4 N–H and O–H groups in total. The van der Waals surface area contributed by atoms with Crippen molar-refractivity contribution in [2.45, 2.75) is 58.8 Å². The molecule has 0 spiro atoms. The van der Waals surface area contributed by atoms with Gasteiger partial charge in [-0.25, -0.2) is 0 Å². The number of nitrogen functional groups attached to an aromatic ring is 1. The number of ketones is 2. The summed E-state index contributed by atoms with van der Waals surface area (Å²) in [5, 5.41) is 11.3. The first kappa shape index (κ1) is 37.4. The standard InChI is InChI=1S/C20H25N3O2.C14H19NO3.CH4/c1-23(2)16-12-10-15(11-13-16)14-17(24)6-5-9-20(25)22-19-8-4-3-7-18(19)21;1-15(2)12-8-6-11(7-9-12)10-13(16)4-3-5-14(17)18;/h3-4,7-8,10-13H,5-6,9,14,21H2,1-2H3,(H,22,25);6-9H,3-5,10H2,1-2H3,(H,17,18);1H4. The van der Waals surface area contributed by atoms with Crippen LogP contribution in [0.3, 0.4) is 0 Å². The first-order chi connectivity index (χ1) is 20.4. The van der Waals surface area contributed by atoms with E-state index in [4.69, 9.17) is 10.8 Å². The van der Waals surface area contributed by atoms with E-state index in [0.717, 1.165) is 22.5 Å². The van der Waals surface area contributed by atoms with Gasteiger partial charge in [-0.05, 0) is 60.4 Å². The summed E-state index contributed by atoms with van der Waals surface area (Å²) >= 11 is 0. The highest BCUT2D eigenvalue weighted by atomic mass is 16.4. The van der Waals surface area contributed by atoms with Crippen molar-refractivity contribution in [1.82, 2.24) is 0 Å². The number of carboxylic acid groups (broad SMARTS) is 1. The molecule has 0 saturated carbocycles. The zero-order valence-electron chi connectivity index (χ0n) is 25.6. The summed E-state index contributed by atoms with van der Waals surface area (Å²) in [6.07, 6.45) is 2.84. The summed E-state index contributed by atoms with van der Waals surface area (Å²) < 4.78 is 0. The van der Waals surface area contributed by atoms with Crippen molar-refractivity contribution < 1.29 is 24.3 Å². The molecule has 3 aromatic rings. The number of benzene rings is 3. The quantitative estimate of drug-likeness (QED) is 0.180. The second-order valence-electron chi connectivity index (χ2n) is 10.8. The lowest BCUT2D eigenvalue weighted by Gasteiger charge is -2.12. The first-order valence-corrected chi connectivity index (χ1v) is 14.4. The minimum atomic E-state index is -0.849. The number of nitrogens with one attached hydrogen (secondary N) is 1. The van der Waals surface area contributed by atoms with E-state index in [1.54, 1.807) is 12.1 Å². The van der Waals surface area contributed by atoms with Crippen LogP contribution in [0.25, 0.3) is 0 Å². The molecule has 0 aliphatic rings. The summed E-state index contributed by atoms with van der Waals surface area (Å²) in [7, 11) is 7.89. The molecule has 0 radical (unpaired) electrons. The number of para-hydroxylation sites is 2.